The summed E-state index contributed by atoms with van der Waals surface area (Å²) in [5.74, 6) is 5.07. The Morgan fingerprint density at radius 3 is 2.60 bits per heavy atom. The van der Waals surface area contributed by atoms with Gasteiger partial charge in [0.15, 0.2) is 0 Å². The third-order valence-corrected chi connectivity index (χ3v) is 6.09. The normalized spacial score (nSPS) is 38.8. The van der Waals surface area contributed by atoms with Crippen LogP contribution < -0.4 is 5.32 Å². The van der Waals surface area contributed by atoms with Crippen molar-refractivity contribution in [2.75, 3.05) is 6.54 Å². The van der Waals surface area contributed by atoms with Crippen molar-refractivity contribution >= 4 is 0 Å². The highest BCUT2D eigenvalue weighted by Gasteiger charge is 2.66. The average molecular weight is 270 g/mol. The van der Waals surface area contributed by atoms with Gasteiger partial charge in [-0.3, -0.25) is 4.98 Å². The Kier molecular flexibility index (Phi) is 3.10. The summed E-state index contributed by atoms with van der Waals surface area (Å²) in [4.78, 5) is 4.53. The van der Waals surface area contributed by atoms with E-state index in [1.54, 1.807) is 6.42 Å². The highest BCUT2D eigenvalue weighted by atomic mass is 15.0. The van der Waals surface area contributed by atoms with Crippen LogP contribution in [-0.4, -0.2) is 11.5 Å². The molecule has 5 atom stereocenters. The van der Waals surface area contributed by atoms with Gasteiger partial charge in [-0.25, -0.2) is 0 Å². The van der Waals surface area contributed by atoms with Crippen molar-refractivity contribution < 1.29 is 0 Å². The number of hydrogen-bond donors (Lipinski definition) is 1. The fourth-order valence-electron chi connectivity index (χ4n) is 5.28. The molecule has 0 aliphatic heterocycles. The molecule has 2 nitrogen and oxygen atoms in total. The number of aromatic nitrogens is 1. The first-order valence-electron chi connectivity index (χ1n) is 8.45. The maximum absolute atomic E-state index is 4.53. The predicted octanol–water partition coefficient (Wildman–Crippen LogP) is 3.72. The summed E-state index contributed by atoms with van der Waals surface area (Å²) in [6.45, 7) is 5.46. The SMILES string of the molecule is CCCNC(c1ccc(C)nc1)C1C2C3CCC(C3)C21. The van der Waals surface area contributed by atoms with Crippen molar-refractivity contribution in [1.29, 1.82) is 0 Å². The first-order chi connectivity index (χ1) is 9.79. The Morgan fingerprint density at radius 2 is 2.00 bits per heavy atom. The molecular formula is C18H26N2. The zero-order chi connectivity index (χ0) is 13.7. The van der Waals surface area contributed by atoms with Gasteiger partial charge in [-0.15, -0.1) is 0 Å². The Hall–Kier alpha value is -0.890. The van der Waals surface area contributed by atoms with Gasteiger partial charge >= 0.3 is 0 Å². The number of pyridine rings is 1. The smallest absolute Gasteiger partial charge is 0.0372 e. The minimum Gasteiger partial charge on any atom is -0.310 e. The van der Waals surface area contributed by atoms with E-state index in [1.165, 1.54) is 24.8 Å². The van der Waals surface area contributed by atoms with Gasteiger partial charge in [0.25, 0.3) is 0 Å². The van der Waals surface area contributed by atoms with Crippen molar-refractivity contribution in [2.24, 2.45) is 29.6 Å². The molecule has 4 rings (SSSR count). The molecule has 1 aromatic heterocycles. The van der Waals surface area contributed by atoms with Crippen molar-refractivity contribution in [3.63, 3.8) is 0 Å². The summed E-state index contributed by atoms with van der Waals surface area (Å²) in [6.07, 6.45) is 7.88. The van der Waals surface area contributed by atoms with Crippen molar-refractivity contribution in [2.45, 2.75) is 45.6 Å². The first-order valence-corrected chi connectivity index (χ1v) is 8.45. The van der Waals surface area contributed by atoms with Crippen LogP contribution in [0.25, 0.3) is 0 Å². The Balaban J connectivity index is 1.56. The Labute approximate surface area is 122 Å². The highest BCUT2D eigenvalue weighted by molar-refractivity contribution is 5.25. The maximum atomic E-state index is 4.53. The molecule has 3 aliphatic carbocycles. The topological polar surface area (TPSA) is 24.9 Å². The van der Waals surface area contributed by atoms with Crippen LogP contribution in [-0.2, 0) is 0 Å². The lowest BCUT2D eigenvalue weighted by Crippen LogP contribution is -2.26. The molecule has 5 unspecified atom stereocenters. The van der Waals surface area contributed by atoms with Gasteiger partial charge in [-0.05, 0) is 80.4 Å². The molecule has 3 fully saturated rings. The van der Waals surface area contributed by atoms with Crippen LogP contribution in [0.4, 0.5) is 0 Å². The van der Waals surface area contributed by atoms with Crippen LogP contribution in [0.3, 0.4) is 0 Å². The Bertz CT molecular complexity index is 465. The molecule has 0 amide bonds. The fourth-order valence-corrected chi connectivity index (χ4v) is 5.28. The minimum absolute atomic E-state index is 0.557. The van der Waals surface area contributed by atoms with Crippen LogP contribution >= 0.6 is 0 Å². The summed E-state index contributed by atoms with van der Waals surface area (Å²) < 4.78 is 0. The van der Waals surface area contributed by atoms with E-state index in [2.05, 4.69) is 42.5 Å². The van der Waals surface area contributed by atoms with Crippen molar-refractivity contribution in [3.05, 3.63) is 29.6 Å². The van der Waals surface area contributed by atoms with E-state index < -0.39 is 0 Å². The molecule has 0 spiro atoms. The first kappa shape index (κ1) is 12.8. The summed E-state index contributed by atoms with van der Waals surface area (Å²) in [5.41, 5.74) is 2.54. The third-order valence-electron chi connectivity index (χ3n) is 6.09. The van der Waals surface area contributed by atoms with E-state index >= 15 is 0 Å². The third kappa shape index (κ3) is 1.92. The lowest BCUT2D eigenvalue weighted by molar-refractivity contribution is 0.369. The molecule has 3 saturated carbocycles. The second-order valence-corrected chi connectivity index (χ2v) is 7.23. The number of fused-ring (bicyclic) bond motifs is 5. The summed E-state index contributed by atoms with van der Waals surface area (Å²) >= 11 is 0. The van der Waals surface area contributed by atoms with Crippen molar-refractivity contribution in [3.8, 4) is 0 Å². The van der Waals surface area contributed by atoms with Gasteiger partial charge in [-0.2, -0.15) is 0 Å². The average Bonchev–Trinajstić information content (AvgIpc) is 2.88. The molecule has 1 N–H and O–H groups in total. The summed E-state index contributed by atoms with van der Waals surface area (Å²) in [5, 5.41) is 3.82. The molecule has 0 aromatic carbocycles. The molecule has 2 bridgehead atoms. The Morgan fingerprint density at radius 1 is 1.25 bits per heavy atom. The number of nitrogens with one attached hydrogen (secondary N) is 1. The van der Waals surface area contributed by atoms with E-state index in [0.29, 0.717) is 6.04 Å². The zero-order valence-electron chi connectivity index (χ0n) is 12.7. The lowest BCUT2D eigenvalue weighted by atomic mass is 9.93. The number of hydrogen-bond acceptors (Lipinski definition) is 2. The molecule has 3 aliphatic rings. The molecule has 20 heavy (non-hydrogen) atoms. The van der Waals surface area contributed by atoms with Crippen LogP contribution in [0.1, 0.15) is 49.9 Å². The number of aryl methyl sites for hydroxylation is 1. The van der Waals surface area contributed by atoms with Crippen LogP contribution in [0, 0.1) is 36.5 Å². The summed E-state index contributed by atoms with van der Waals surface area (Å²) in [6, 6.07) is 5.02. The molecular weight excluding hydrogens is 244 g/mol. The van der Waals surface area contributed by atoms with Crippen LogP contribution in [0.2, 0.25) is 0 Å². The molecule has 0 radical (unpaired) electrons. The predicted molar refractivity (Wildman–Crippen MR) is 81.3 cm³/mol. The van der Waals surface area contributed by atoms with E-state index in [9.17, 15) is 0 Å². The van der Waals surface area contributed by atoms with Gasteiger partial charge < -0.3 is 5.32 Å². The van der Waals surface area contributed by atoms with Gasteiger partial charge in [0.05, 0.1) is 0 Å². The van der Waals surface area contributed by atoms with E-state index in [4.69, 9.17) is 0 Å². The highest BCUT2D eigenvalue weighted by Crippen LogP contribution is 2.72. The monoisotopic (exact) mass is 270 g/mol. The molecule has 108 valence electrons. The van der Waals surface area contributed by atoms with Gasteiger partial charge in [-0.1, -0.05) is 13.0 Å². The standard InChI is InChI=1S/C18H26N2/c1-3-8-19-18(14-5-4-11(2)20-10-14)17-15-12-6-7-13(9-12)16(15)17/h4-5,10,12-13,15-19H,3,6-9H2,1-2H3. The van der Waals surface area contributed by atoms with Gasteiger partial charge in [0.2, 0.25) is 0 Å². The second kappa shape index (κ2) is 4.84. The molecule has 2 heteroatoms. The van der Waals surface area contributed by atoms with E-state index in [1.807, 2.05) is 0 Å². The number of nitrogens with zero attached hydrogens (tertiary/aromatic N) is 1. The molecule has 0 saturated heterocycles. The summed E-state index contributed by atoms with van der Waals surface area (Å²) in [7, 11) is 0. The zero-order valence-corrected chi connectivity index (χ0v) is 12.7. The van der Waals surface area contributed by atoms with Crippen LogP contribution in [0.5, 0.6) is 0 Å². The quantitative estimate of drug-likeness (QED) is 0.882. The maximum Gasteiger partial charge on any atom is 0.0372 e. The van der Waals surface area contributed by atoms with E-state index in [-0.39, 0.29) is 0 Å². The molecule has 1 heterocycles. The van der Waals surface area contributed by atoms with E-state index in [0.717, 1.165) is 41.8 Å². The van der Waals surface area contributed by atoms with Crippen LogP contribution in [0.15, 0.2) is 18.3 Å². The largest absolute Gasteiger partial charge is 0.310 e. The lowest BCUT2D eigenvalue weighted by Gasteiger charge is -2.22. The van der Waals surface area contributed by atoms with Gasteiger partial charge in [0, 0.05) is 17.9 Å². The number of rotatable bonds is 5. The van der Waals surface area contributed by atoms with Crippen molar-refractivity contribution in [1.82, 2.24) is 10.3 Å². The minimum atomic E-state index is 0.557. The second-order valence-electron chi connectivity index (χ2n) is 7.23. The molecule has 1 aromatic rings. The fraction of sp³-hybridized carbons (Fsp3) is 0.722. The van der Waals surface area contributed by atoms with Gasteiger partial charge in [0.1, 0.15) is 0 Å².